The van der Waals surface area contributed by atoms with Crippen molar-refractivity contribution in [1.29, 1.82) is 0 Å². The molecule has 2 aromatic rings. The molecular formula is C16H20N4O. The molecular weight excluding hydrogens is 264 g/mol. The van der Waals surface area contributed by atoms with Gasteiger partial charge in [0.05, 0.1) is 5.54 Å². The molecule has 2 aromatic heterocycles. The lowest BCUT2D eigenvalue weighted by Crippen LogP contribution is -2.40. The van der Waals surface area contributed by atoms with E-state index in [9.17, 15) is 4.79 Å². The predicted octanol–water partition coefficient (Wildman–Crippen LogP) is 1.98. The van der Waals surface area contributed by atoms with E-state index in [4.69, 9.17) is 0 Å². The number of H-pyrrole nitrogens is 1. The molecule has 0 aromatic carbocycles. The zero-order chi connectivity index (χ0) is 14.9. The van der Waals surface area contributed by atoms with Crippen molar-refractivity contribution in [2.45, 2.75) is 38.8 Å². The lowest BCUT2D eigenvalue weighted by molar-refractivity contribution is 0.137. The van der Waals surface area contributed by atoms with Gasteiger partial charge in [-0.05, 0) is 44.9 Å². The summed E-state index contributed by atoms with van der Waals surface area (Å²) in [5.74, 6) is 0.772. The summed E-state index contributed by atoms with van der Waals surface area (Å²) in [6.07, 6.45) is 5.78. The maximum absolute atomic E-state index is 11.8. The van der Waals surface area contributed by atoms with E-state index in [1.54, 1.807) is 6.20 Å². The third-order valence-electron chi connectivity index (χ3n) is 4.27. The number of nitrogens with one attached hydrogen (secondary N) is 1. The Bertz CT molecular complexity index is 682. The number of hydrogen-bond acceptors (Lipinski definition) is 4. The largest absolute Gasteiger partial charge is 0.309 e. The van der Waals surface area contributed by atoms with Crippen molar-refractivity contribution in [3.63, 3.8) is 0 Å². The van der Waals surface area contributed by atoms with Gasteiger partial charge in [0, 0.05) is 30.7 Å². The molecule has 0 amide bonds. The summed E-state index contributed by atoms with van der Waals surface area (Å²) in [5, 5.41) is 0. The summed E-state index contributed by atoms with van der Waals surface area (Å²) in [6, 6.07) is 5.57. The number of aromatic nitrogens is 3. The fourth-order valence-electron chi connectivity index (χ4n) is 3.09. The number of likely N-dealkylation sites (tertiary alicyclic amines) is 1. The van der Waals surface area contributed by atoms with Crippen LogP contribution in [0, 0.1) is 6.92 Å². The number of pyridine rings is 1. The Labute approximate surface area is 124 Å². The third kappa shape index (κ3) is 2.74. The molecule has 1 saturated heterocycles. The first-order valence-electron chi connectivity index (χ1n) is 7.30. The van der Waals surface area contributed by atoms with Crippen LogP contribution in [-0.2, 0) is 12.1 Å². The Hall–Kier alpha value is -2.01. The highest BCUT2D eigenvalue weighted by Crippen LogP contribution is 2.37. The van der Waals surface area contributed by atoms with Gasteiger partial charge in [-0.3, -0.25) is 14.7 Å². The average Bonchev–Trinajstić information content (AvgIpc) is 2.82. The lowest BCUT2D eigenvalue weighted by Gasteiger charge is -2.34. The van der Waals surface area contributed by atoms with Gasteiger partial charge in [0.15, 0.2) is 0 Å². The highest BCUT2D eigenvalue weighted by Gasteiger charge is 2.40. The summed E-state index contributed by atoms with van der Waals surface area (Å²) >= 11 is 0. The molecule has 3 rings (SSSR count). The van der Waals surface area contributed by atoms with Gasteiger partial charge in [0.25, 0.3) is 5.56 Å². The van der Waals surface area contributed by atoms with Gasteiger partial charge < -0.3 is 4.98 Å². The van der Waals surface area contributed by atoms with E-state index >= 15 is 0 Å². The van der Waals surface area contributed by atoms with Crippen LogP contribution in [0.2, 0.25) is 0 Å². The third-order valence-corrected chi connectivity index (χ3v) is 4.27. The minimum atomic E-state index is -0.221. The van der Waals surface area contributed by atoms with E-state index in [1.807, 2.05) is 19.2 Å². The van der Waals surface area contributed by atoms with Crippen LogP contribution in [0.5, 0.6) is 0 Å². The molecule has 1 aliphatic heterocycles. The minimum Gasteiger partial charge on any atom is -0.309 e. The van der Waals surface area contributed by atoms with Crippen molar-refractivity contribution in [2.75, 3.05) is 6.54 Å². The van der Waals surface area contributed by atoms with Crippen molar-refractivity contribution >= 4 is 0 Å². The molecule has 0 bridgehead atoms. The molecule has 0 unspecified atom stereocenters. The molecule has 5 nitrogen and oxygen atoms in total. The smallest absolute Gasteiger partial charge is 0.251 e. The molecule has 0 radical (unpaired) electrons. The Balaban J connectivity index is 1.93. The SMILES string of the molecule is Cc1cc(=O)[nH]c([C@]2(C)CCCN2Cc2cccnc2)n1. The summed E-state index contributed by atoms with van der Waals surface area (Å²) in [5.41, 5.74) is 1.65. The highest BCUT2D eigenvalue weighted by molar-refractivity contribution is 5.15. The lowest BCUT2D eigenvalue weighted by atomic mass is 9.97. The Morgan fingerprint density at radius 2 is 2.33 bits per heavy atom. The molecule has 1 aliphatic rings. The van der Waals surface area contributed by atoms with Gasteiger partial charge in [-0.25, -0.2) is 4.98 Å². The van der Waals surface area contributed by atoms with Crippen LogP contribution >= 0.6 is 0 Å². The molecule has 0 aliphatic carbocycles. The molecule has 0 spiro atoms. The zero-order valence-corrected chi connectivity index (χ0v) is 12.5. The molecule has 1 N–H and O–H groups in total. The molecule has 5 heteroatoms. The molecule has 3 heterocycles. The van der Waals surface area contributed by atoms with E-state index in [0.717, 1.165) is 37.4 Å². The van der Waals surface area contributed by atoms with Gasteiger partial charge in [0.2, 0.25) is 0 Å². The average molecular weight is 284 g/mol. The van der Waals surface area contributed by atoms with Crippen LogP contribution in [0.3, 0.4) is 0 Å². The predicted molar refractivity (Wildman–Crippen MR) is 80.8 cm³/mol. The van der Waals surface area contributed by atoms with Gasteiger partial charge in [0.1, 0.15) is 5.82 Å². The van der Waals surface area contributed by atoms with Gasteiger partial charge >= 0.3 is 0 Å². The fourth-order valence-corrected chi connectivity index (χ4v) is 3.09. The first kappa shape index (κ1) is 13.9. The van der Waals surface area contributed by atoms with Gasteiger partial charge in [-0.15, -0.1) is 0 Å². The van der Waals surface area contributed by atoms with Crippen molar-refractivity contribution in [3.05, 3.63) is 58.0 Å². The summed E-state index contributed by atoms with van der Waals surface area (Å²) in [6.45, 7) is 5.85. The molecule has 1 atom stereocenters. The second kappa shape index (κ2) is 5.41. The summed E-state index contributed by atoms with van der Waals surface area (Å²) in [7, 11) is 0. The molecule has 1 fully saturated rings. The van der Waals surface area contributed by atoms with Crippen LogP contribution in [-0.4, -0.2) is 26.4 Å². The van der Waals surface area contributed by atoms with Crippen molar-refractivity contribution in [1.82, 2.24) is 19.9 Å². The Kier molecular flexibility index (Phi) is 3.59. The standard InChI is InChI=1S/C16H20N4O/c1-12-9-14(21)19-15(18-12)16(2)6-4-8-20(16)11-13-5-3-7-17-10-13/h3,5,7,9-10H,4,6,8,11H2,1-2H3,(H,18,19,21)/t16-/m0/s1. The summed E-state index contributed by atoms with van der Waals surface area (Å²) < 4.78 is 0. The van der Waals surface area contributed by atoms with E-state index < -0.39 is 0 Å². The van der Waals surface area contributed by atoms with E-state index in [-0.39, 0.29) is 11.1 Å². The first-order valence-corrected chi connectivity index (χ1v) is 7.30. The minimum absolute atomic E-state index is 0.0769. The van der Waals surface area contributed by atoms with Crippen LogP contribution in [0.25, 0.3) is 0 Å². The second-order valence-electron chi connectivity index (χ2n) is 5.90. The van der Waals surface area contributed by atoms with Crippen LogP contribution in [0.1, 0.15) is 36.8 Å². The number of rotatable bonds is 3. The fraction of sp³-hybridized carbons (Fsp3) is 0.438. The second-order valence-corrected chi connectivity index (χ2v) is 5.90. The Morgan fingerprint density at radius 1 is 1.48 bits per heavy atom. The number of hydrogen-bond donors (Lipinski definition) is 1. The first-order chi connectivity index (χ1) is 10.1. The topological polar surface area (TPSA) is 61.9 Å². The van der Waals surface area contributed by atoms with Crippen molar-refractivity contribution in [2.24, 2.45) is 0 Å². The van der Waals surface area contributed by atoms with Crippen LogP contribution < -0.4 is 5.56 Å². The van der Waals surface area contributed by atoms with Crippen LogP contribution in [0.4, 0.5) is 0 Å². The van der Waals surface area contributed by atoms with E-state index in [2.05, 4.69) is 32.8 Å². The summed E-state index contributed by atoms with van der Waals surface area (Å²) in [4.78, 5) is 25.8. The van der Waals surface area contributed by atoms with Crippen molar-refractivity contribution < 1.29 is 0 Å². The maximum Gasteiger partial charge on any atom is 0.251 e. The normalized spacial score (nSPS) is 22.6. The zero-order valence-electron chi connectivity index (χ0n) is 12.5. The van der Waals surface area contributed by atoms with E-state index in [1.165, 1.54) is 11.6 Å². The van der Waals surface area contributed by atoms with Crippen LogP contribution in [0.15, 0.2) is 35.4 Å². The molecule has 21 heavy (non-hydrogen) atoms. The number of nitrogens with zero attached hydrogens (tertiary/aromatic N) is 3. The maximum atomic E-state index is 11.8. The number of aromatic amines is 1. The Morgan fingerprint density at radius 3 is 3.05 bits per heavy atom. The highest BCUT2D eigenvalue weighted by atomic mass is 16.1. The van der Waals surface area contributed by atoms with Crippen molar-refractivity contribution in [3.8, 4) is 0 Å². The van der Waals surface area contributed by atoms with Gasteiger partial charge in [-0.2, -0.15) is 0 Å². The molecule has 110 valence electrons. The quantitative estimate of drug-likeness (QED) is 0.936. The monoisotopic (exact) mass is 284 g/mol. The van der Waals surface area contributed by atoms with E-state index in [0.29, 0.717) is 0 Å². The van der Waals surface area contributed by atoms with Gasteiger partial charge in [-0.1, -0.05) is 6.07 Å². The molecule has 0 saturated carbocycles. The number of aryl methyl sites for hydroxylation is 1.